The number of phenols is 1. The van der Waals surface area contributed by atoms with E-state index in [1.807, 2.05) is 0 Å². The summed E-state index contributed by atoms with van der Waals surface area (Å²) < 4.78 is 5.85. The highest BCUT2D eigenvalue weighted by molar-refractivity contribution is 9.10. The van der Waals surface area contributed by atoms with Crippen molar-refractivity contribution in [1.29, 1.82) is 0 Å². The first-order valence-electron chi connectivity index (χ1n) is 4.95. The first kappa shape index (κ1) is 11.3. The third kappa shape index (κ3) is 2.00. The van der Waals surface area contributed by atoms with Crippen LogP contribution in [0, 0.1) is 0 Å². The van der Waals surface area contributed by atoms with Crippen molar-refractivity contribution in [2.24, 2.45) is 0 Å². The van der Waals surface area contributed by atoms with Crippen LogP contribution >= 0.6 is 15.9 Å². The van der Waals surface area contributed by atoms with Crippen LogP contribution < -0.4 is 10.1 Å². The lowest BCUT2D eigenvalue weighted by Crippen LogP contribution is -2.13. The molecule has 86 valence electrons. The molecule has 1 aromatic rings. The van der Waals surface area contributed by atoms with Gasteiger partial charge in [-0.05, 0) is 17.7 Å². The lowest BCUT2D eigenvalue weighted by atomic mass is 9.98. The van der Waals surface area contributed by atoms with E-state index in [0.29, 0.717) is 18.7 Å². The SMILES string of the molecule is COc1cc(Br)c(C2CNC(=O)C2)cc1O. The molecule has 0 aromatic heterocycles. The van der Waals surface area contributed by atoms with E-state index in [1.165, 1.54) is 7.11 Å². The van der Waals surface area contributed by atoms with Gasteiger partial charge in [0, 0.05) is 23.4 Å². The number of ether oxygens (including phenoxy) is 1. The van der Waals surface area contributed by atoms with E-state index in [4.69, 9.17) is 4.74 Å². The van der Waals surface area contributed by atoms with Gasteiger partial charge in [-0.3, -0.25) is 4.79 Å². The van der Waals surface area contributed by atoms with Crippen LogP contribution in [0.1, 0.15) is 17.9 Å². The fourth-order valence-corrected chi connectivity index (χ4v) is 2.51. The van der Waals surface area contributed by atoms with Crippen molar-refractivity contribution in [1.82, 2.24) is 5.32 Å². The third-order valence-corrected chi connectivity index (χ3v) is 3.40. The van der Waals surface area contributed by atoms with Gasteiger partial charge in [0.15, 0.2) is 11.5 Å². The molecule has 1 aliphatic rings. The molecule has 1 atom stereocenters. The largest absolute Gasteiger partial charge is 0.504 e. The van der Waals surface area contributed by atoms with Crippen molar-refractivity contribution < 1.29 is 14.6 Å². The Morgan fingerprint density at radius 2 is 2.31 bits per heavy atom. The van der Waals surface area contributed by atoms with Gasteiger partial charge in [-0.15, -0.1) is 0 Å². The average Bonchev–Trinajstić information content (AvgIpc) is 2.67. The Morgan fingerprint density at radius 1 is 1.56 bits per heavy atom. The van der Waals surface area contributed by atoms with Gasteiger partial charge in [-0.1, -0.05) is 15.9 Å². The number of hydrogen-bond acceptors (Lipinski definition) is 3. The van der Waals surface area contributed by atoms with Crippen molar-refractivity contribution >= 4 is 21.8 Å². The van der Waals surface area contributed by atoms with Gasteiger partial charge < -0.3 is 15.2 Å². The zero-order valence-corrected chi connectivity index (χ0v) is 10.4. The van der Waals surface area contributed by atoms with Gasteiger partial charge in [0.1, 0.15) is 0 Å². The first-order chi connectivity index (χ1) is 7.61. The van der Waals surface area contributed by atoms with Gasteiger partial charge >= 0.3 is 0 Å². The summed E-state index contributed by atoms with van der Waals surface area (Å²) in [5.41, 5.74) is 0.927. The minimum atomic E-state index is 0.0483. The molecule has 0 aliphatic carbocycles. The Kier molecular flexibility index (Phi) is 3.05. The number of benzene rings is 1. The fraction of sp³-hybridized carbons (Fsp3) is 0.364. The molecular weight excluding hydrogens is 274 g/mol. The van der Waals surface area contributed by atoms with Crippen LogP contribution in [0.3, 0.4) is 0 Å². The summed E-state index contributed by atoms with van der Waals surface area (Å²) in [5, 5.41) is 12.5. The average molecular weight is 286 g/mol. The van der Waals surface area contributed by atoms with Crippen molar-refractivity contribution in [3.8, 4) is 11.5 Å². The number of rotatable bonds is 2. The molecule has 0 saturated carbocycles. The predicted octanol–water partition coefficient (Wildman–Crippen LogP) is 1.77. The molecule has 0 radical (unpaired) electrons. The number of phenolic OH excluding ortho intramolecular Hbond substituents is 1. The Hall–Kier alpha value is -1.23. The topological polar surface area (TPSA) is 58.6 Å². The van der Waals surface area contributed by atoms with Gasteiger partial charge in [0.25, 0.3) is 0 Å². The molecule has 0 bridgehead atoms. The van der Waals surface area contributed by atoms with Crippen molar-refractivity contribution in [2.45, 2.75) is 12.3 Å². The molecule has 16 heavy (non-hydrogen) atoms. The molecule has 1 aromatic carbocycles. The van der Waals surface area contributed by atoms with Crippen molar-refractivity contribution in [3.05, 3.63) is 22.2 Å². The molecule has 2 rings (SSSR count). The number of hydrogen-bond donors (Lipinski definition) is 2. The highest BCUT2D eigenvalue weighted by Gasteiger charge is 2.25. The van der Waals surface area contributed by atoms with Gasteiger partial charge in [-0.25, -0.2) is 0 Å². The zero-order valence-electron chi connectivity index (χ0n) is 8.79. The maximum absolute atomic E-state index is 11.1. The number of aromatic hydroxyl groups is 1. The van der Waals surface area contributed by atoms with Gasteiger partial charge in [0.05, 0.1) is 7.11 Å². The standard InChI is InChI=1S/C11H12BrNO3/c1-16-10-4-8(12)7(3-9(10)14)6-2-11(15)13-5-6/h3-4,6,14H,2,5H2,1H3,(H,13,15). The minimum absolute atomic E-state index is 0.0483. The second-order valence-electron chi connectivity index (χ2n) is 3.75. The van der Waals surface area contributed by atoms with E-state index in [0.717, 1.165) is 10.0 Å². The van der Waals surface area contributed by atoms with Crippen LogP contribution in [0.4, 0.5) is 0 Å². The minimum Gasteiger partial charge on any atom is -0.504 e. The van der Waals surface area contributed by atoms with Crippen molar-refractivity contribution in [3.63, 3.8) is 0 Å². The third-order valence-electron chi connectivity index (χ3n) is 2.72. The Bertz CT molecular complexity index is 433. The summed E-state index contributed by atoms with van der Waals surface area (Å²) in [6.07, 6.45) is 0.463. The summed E-state index contributed by atoms with van der Waals surface area (Å²) in [6, 6.07) is 3.36. The zero-order chi connectivity index (χ0) is 11.7. The maximum atomic E-state index is 11.1. The molecule has 1 aliphatic heterocycles. The van der Waals surface area contributed by atoms with Crippen LogP contribution in [0.5, 0.6) is 11.5 Å². The molecule has 1 saturated heterocycles. The normalized spacial score (nSPS) is 19.6. The summed E-state index contributed by atoms with van der Waals surface area (Å²) in [4.78, 5) is 11.1. The second-order valence-corrected chi connectivity index (χ2v) is 4.61. The number of methoxy groups -OCH3 is 1. The highest BCUT2D eigenvalue weighted by Crippen LogP contribution is 2.37. The number of nitrogens with one attached hydrogen (secondary N) is 1. The van der Waals surface area contributed by atoms with E-state index in [9.17, 15) is 9.90 Å². The second kappa shape index (κ2) is 4.33. The summed E-state index contributed by atoms with van der Waals surface area (Å²) in [6.45, 7) is 0.614. The molecule has 5 heteroatoms. The van der Waals surface area contributed by atoms with E-state index < -0.39 is 0 Å². The molecule has 1 amide bonds. The first-order valence-corrected chi connectivity index (χ1v) is 5.74. The molecule has 1 unspecified atom stereocenters. The number of amides is 1. The number of carbonyl (C=O) groups is 1. The Morgan fingerprint density at radius 3 is 2.88 bits per heavy atom. The Labute approximate surface area is 102 Å². The van der Waals surface area contributed by atoms with Crippen LogP contribution in [0.15, 0.2) is 16.6 Å². The van der Waals surface area contributed by atoms with Crippen LogP contribution in [0.25, 0.3) is 0 Å². The van der Waals surface area contributed by atoms with E-state index >= 15 is 0 Å². The number of carbonyl (C=O) groups excluding carboxylic acids is 1. The van der Waals surface area contributed by atoms with Crippen LogP contribution in [-0.4, -0.2) is 24.7 Å². The Balaban J connectivity index is 2.34. The quantitative estimate of drug-likeness (QED) is 0.871. The fourth-order valence-electron chi connectivity index (χ4n) is 1.86. The summed E-state index contributed by atoms with van der Waals surface area (Å²) >= 11 is 3.42. The van der Waals surface area contributed by atoms with Gasteiger partial charge in [-0.2, -0.15) is 0 Å². The smallest absolute Gasteiger partial charge is 0.220 e. The molecule has 1 fully saturated rings. The van der Waals surface area contributed by atoms with Crippen LogP contribution in [-0.2, 0) is 4.79 Å². The van der Waals surface area contributed by atoms with Gasteiger partial charge in [0.2, 0.25) is 5.91 Å². The van der Waals surface area contributed by atoms with E-state index in [-0.39, 0.29) is 17.6 Å². The van der Waals surface area contributed by atoms with Crippen molar-refractivity contribution in [2.75, 3.05) is 13.7 Å². The number of halogens is 1. The van der Waals surface area contributed by atoms with E-state index in [1.54, 1.807) is 12.1 Å². The molecule has 4 nitrogen and oxygen atoms in total. The lowest BCUT2D eigenvalue weighted by Gasteiger charge is -2.13. The molecular formula is C11H12BrNO3. The molecule has 2 N–H and O–H groups in total. The monoisotopic (exact) mass is 285 g/mol. The predicted molar refractivity (Wildman–Crippen MR) is 62.7 cm³/mol. The van der Waals surface area contributed by atoms with Crippen LogP contribution in [0.2, 0.25) is 0 Å². The summed E-state index contributed by atoms with van der Waals surface area (Å²) in [5.74, 6) is 0.679. The lowest BCUT2D eigenvalue weighted by molar-refractivity contribution is -0.119. The van der Waals surface area contributed by atoms with E-state index in [2.05, 4.69) is 21.2 Å². The summed E-state index contributed by atoms with van der Waals surface area (Å²) in [7, 11) is 1.50. The highest BCUT2D eigenvalue weighted by atomic mass is 79.9. The molecule has 1 heterocycles. The maximum Gasteiger partial charge on any atom is 0.220 e. The molecule has 0 spiro atoms.